The molecule has 0 heterocycles. The minimum Gasteiger partial charge on any atom is -0.493 e. The highest BCUT2D eigenvalue weighted by Gasteiger charge is 2.17. The first-order valence-corrected chi connectivity index (χ1v) is 10.00. The Morgan fingerprint density at radius 3 is 2.29 bits per heavy atom. The van der Waals surface area contributed by atoms with Gasteiger partial charge < -0.3 is 14.8 Å². The summed E-state index contributed by atoms with van der Waals surface area (Å²) in [5.41, 5.74) is 0. The molecular formula is C17H28N2O4S. The second-order valence-electron chi connectivity index (χ2n) is 6.06. The summed E-state index contributed by atoms with van der Waals surface area (Å²) in [6.07, 6.45) is 7.50. The van der Waals surface area contributed by atoms with Crippen molar-refractivity contribution >= 4 is 10.0 Å². The zero-order valence-electron chi connectivity index (χ0n) is 14.5. The van der Waals surface area contributed by atoms with E-state index in [1.165, 1.54) is 64.9 Å². The zero-order chi connectivity index (χ0) is 17.4. The van der Waals surface area contributed by atoms with Gasteiger partial charge in [0.2, 0.25) is 10.0 Å². The molecule has 1 aliphatic rings. The lowest BCUT2D eigenvalue weighted by molar-refractivity contribution is 0.354. The van der Waals surface area contributed by atoms with E-state index in [-0.39, 0.29) is 4.90 Å². The van der Waals surface area contributed by atoms with Gasteiger partial charge in [-0.3, -0.25) is 0 Å². The maximum absolute atomic E-state index is 12.4. The quantitative estimate of drug-likeness (QED) is 0.552. The molecule has 0 bridgehead atoms. The fraction of sp³-hybridized carbons (Fsp3) is 0.647. The third-order valence-corrected chi connectivity index (χ3v) is 5.83. The lowest BCUT2D eigenvalue weighted by atomic mass is 10.1. The summed E-state index contributed by atoms with van der Waals surface area (Å²) in [7, 11) is -0.552. The van der Waals surface area contributed by atoms with E-state index in [0.29, 0.717) is 30.6 Å². The molecule has 0 spiro atoms. The van der Waals surface area contributed by atoms with Crippen LogP contribution in [0.4, 0.5) is 0 Å². The van der Waals surface area contributed by atoms with Crippen LogP contribution in [0.5, 0.6) is 11.5 Å². The van der Waals surface area contributed by atoms with Crippen LogP contribution in [0.2, 0.25) is 0 Å². The first kappa shape index (κ1) is 19.0. The van der Waals surface area contributed by atoms with E-state index in [4.69, 9.17) is 9.47 Å². The highest BCUT2D eigenvalue weighted by molar-refractivity contribution is 7.89. The molecule has 0 atom stereocenters. The molecule has 2 rings (SSSR count). The smallest absolute Gasteiger partial charge is 0.240 e. The van der Waals surface area contributed by atoms with Crippen molar-refractivity contribution < 1.29 is 17.9 Å². The van der Waals surface area contributed by atoms with Gasteiger partial charge in [0.05, 0.1) is 19.1 Å². The molecule has 0 radical (unpaired) electrons. The number of methoxy groups -OCH3 is 2. The van der Waals surface area contributed by atoms with Crippen molar-refractivity contribution in [3.8, 4) is 11.5 Å². The van der Waals surface area contributed by atoms with Gasteiger partial charge >= 0.3 is 0 Å². The monoisotopic (exact) mass is 356 g/mol. The van der Waals surface area contributed by atoms with Gasteiger partial charge in [0.25, 0.3) is 0 Å². The number of rotatable bonds is 8. The first-order chi connectivity index (χ1) is 11.6. The van der Waals surface area contributed by atoms with Gasteiger partial charge in [-0.25, -0.2) is 13.1 Å². The number of hydrogen-bond acceptors (Lipinski definition) is 5. The summed E-state index contributed by atoms with van der Waals surface area (Å²) in [5, 5.41) is 3.45. The van der Waals surface area contributed by atoms with Crippen LogP contribution in [-0.2, 0) is 10.0 Å². The third-order valence-electron chi connectivity index (χ3n) is 4.37. The largest absolute Gasteiger partial charge is 0.493 e. The summed E-state index contributed by atoms with van der Waals surface area (Å²) in [4.78, 5) is 0.176. The SMILES string of the molecule is COc1ccc(S(=O)(=O)NCCNC2CCCCCC2)cc1OC. The summed E-state index contributed by atoms with van der Waals surface area (Å²) in [5.74, 6) is 0.906. The van der Waals surface area contributed by atoms with Gasteiger partial charge in [-0.2, -0.15) is 0 Å². The van der Waals surface area contributed by atoms with E-state index in [9.17, 15) is 8.42 Å². The fourth-order valence-electron chi connectivity index (χ4n) is 3.01. The lowest BCUT2D eigenvalue weighted by Crippen LogP contribution is -2.36. The molecule has 1 saturated carbocycles. The average Bonchev–Trinajstić information content (AvgIpc) is 2.87. The van der Waals surface area contributed by atoms with Crippen LogP contribution in [-0.4, -0.2) is 41.8 Å². The van der Waals surface area contributed by atoms with E-state index in [1.54, 1.807) is 6.07 Å². The molecule has 0 aliphatic heterocycles. The molecule has 7 heteroatoms. The van der Waals surface area contributed by atoms with Crippen LogP contribution < -0.4 is 19.5 Å². The molecule has 0 amide bonds. The van der Waals surface area contributed by atoms with Gasteiger partial charge in [-0.05, 0) is 25.0 Å². The van der Waals surface area contributed by atoms with Crippen molar-refractivity contribution in [2.75, 3.05) is 27.3 Å². The average molecular weight is 356 g/mol. The summed E-state index contributed by atoms with van der Waals surface area (Å²) in [6.45, 7) is 1.00. The van der Waals surface area contributed by atoms with E-state index >= 15 is 0 Å². The third kappa shape index (κ3) is 5.36. The topological polar surface area (TPSA) is 76.7 Å². The Morgan fingerprint density at radius 1 is 1.00 bits per heavy atom. The van der Waals surface area contributed by atoms with Crippen molar-refractivity contribution in [1.82, 2.24) is 10.0 Å². The Labute approximate surface area is 145 Å². The molecule has 2 N–H and O–H groups in total. The maximum Gasteiger partial charge on any atom is 0.240 e. The Balaban J connectivity index is 1.86. The van der Waals surface area contributed by atoms with Gasteiger partial charge in [0.1, 0.15) is 0 Å². The van der Waals surface area contributed by atoms with Crippen LogP contribution in [0.15, 0.2) is 23.1 Å². The maximum atomic E-state index is 12.4. The molecular weight excluding hydrogens is 328 g/mol. The van der Waals surface area contributed by atoms with Crippen LogP contribution >= 0.6 is 0 Å². The van der Waals surface area contributed by atoms with Crippen molar-refractivity contribution in [2.24, 2.45) is 0 Å². The predicted octanol–water partition coefficient (Wildman–Crippen LogP) is 2.29. The van der Waals surface area contributed by atoms with E-state index in [0.717, 1.165) is 0 Å². The Kier molecular flexibility index (Phi) is 7.33. The van der Waals surface area contributed by atoms with Gasteiger partial charge in [-0.1, -0.05) is 25.7 Å². The fourth-order valence-corrected chi connectivity index (χ4v) is 4.06. The summed E-state index contributed by atoms with van der Waals surface area (Å²) < 4.78 is 37.7. The predicted molar refractivity (Wildman–Crippen MR) is 94.2 cm³/mol. The van der Waals surface area contributed by atoms with Gasteiger partial charge in [-0.15, -0.1) is 0 Å². The minimum absolute atomic E-state index is 0.176. The highest BCUT2D eigenvalue weighted by atomic mass is 32.2. The van der Waals surface area contributed by atoms with Crippen LogP contribution in [0.25, 0.3) is 0 Å². The van der Waals surface area contributed by atoms with Crippen molar-refractivity contribution in [3.05, 3.63) is 18.2 Å². The van der Waals surface area contributed by atoms with Crippen molar-refractivity contribution in [2.45, 2.75) is 49.5 Å². The molecule has 0 saturated heterocycles. The Bertz CT molecular complexity index is 611. The minimum atomic E-state index is -3.55. The number of hydrogen-bond donors (Lipinski definition) is 2. The number of benzene rings is 1. The van der Waals surface area contributed by atoms with Gasteiger partial charge in [0.15, 0.2) is 11.5 Å². The normalized spacial score (nSPS) is 16.6. The number of sulfonamides is 1. The summed E-state index contributed by atoms with van der Waals surface area (Å²) in [6, 6.07) is 5.09. The second-order valence-corrected chi connectivity index (χ2v) is 7.82. The van der Waals surface area contributed by atoms with Crippen LogP contribution in [0.3, 0.4) is 0 Å². The molecule has 1 aliphatic carbocycles. The summed E-state index contributed by atoms with van der Waals surface area (Å²) >= 11 is 0. The second kappa shape index (κ2) is 9.25. The van der Waals surface area contributed by atoms with Crippen molar-refractivity contribution in [3.63, 3.8) is 0 Å². The lowest BCUT2D eigenvalue weighted by Gasteiger charge is -2.16. The first-order valence-electron chi connectivity index (χ1n) is 8.52. The molecule has 24 heavy (non-hydrogen) atoms. The molecule has 0 aromatic heterocycles. The number of ether oxygens (including phenoxy) is 2. The number of nitrogens with one attached hydrogen (secondary N) is 2. The highest BCUT2D eigenvalue weighted by Crippen LogP contribution is 2.29. The van der Waals surface area contributed by atoms with Crippen LogP contribution in [0.1, 0.15) is 38.5 Å². The van der Waals surface area contributed by atoms with Crippen LogP contribution in [0, 0.1) is 0 Å². The molecule has 1 aromatic carbocycles. The van der Waals surface area contributed by atoms with Gasteiger partial charge in [0, 0.05) is 25.2 Å². The Hall–Kier alpha value is -1.31. The van der Waals surface area contributed by atoms with E-state index < -0.39 is 10.0 Å². The van der Waals surface area contributed by atoms with E-state index in [2.05, 4.69) is 10.0 Å². The van der Waals surface area contributed by atoms with Crippen molar-refractivity contribution in [1.29, 1.82) is 0 Å². The zero-order valence-corrected chi connectivity index (χ0v) is 15.3. The standard InChI is InChI=1S/C17H28N2O4S/c1-22-16-10-9-15(13-17(16)23-2)24(20,21)19-12-11-18-14-7-5-3-4-6-8-14/h9-10,13-14,18-19H,3-8,11-12H2,1-2H3. The molecule has 1 fully saturated rings. The molecule has 0 unspecified atom stereocenters. The van der Waals surface area contributed by atoms with E-state index in [1.807, 2.05) is 0 Å². The molecule has 6 nitrogen and oxygen atoms in total. The molecule has 1 aromatic rings. The molecule has 136 valence electrons. The Morgan fingerprint density at radius 2 is 1.67 bits per heavy atom.